The van der Waals surface area contributed by atoms with E-state index in [1.165, 1.54) is 0 Å². The minimum absolute atomic E-state index is 0.0181. The quantitative estimate of drug-likeness (QED) is 0.829. The van der Waals surface area contributed by atoms with E-state index in [-0.39, 0.29) is 23.0 Å². The van der Waals surface area contributed by atoms with Crippen molar-refractivity contribution in [2.75, 3.05) is 0 Å². The van der Waals surface area contributed by atoms with Gasteiger partial charge in [0, 0.05) is 18.3 Å². The Hall–Kier alpha value is -1.38. The highest BCUT2D eigenvalue weighted by molar-refractivity contribution is 7.89. The van der Waals surface area contributed by atoms with E-state index < -0.39 is 10.0 Å². The van der Waals surface area contributed by atoms with Crippen LogP contribution in [0.5, 0.6) is 0 Å². The molecule has 2 bridgehead atoms. The summed E-state index contributed by atoms with van der Waals surface area (Å²) in [6, 6.07) is 0.150. The Morgan fingerprint density at radius 3 is 2.38 bits per heavy atom. The van der Waals surface area contributed by atoms with Crippen molar-refractivity contribution < 1.29 is 12.9 Å². The average Bonchev–Trinajstić information content (AvgIpc) is 3.17. The van der Waals surface area contributed by atoms with Gasteiger partial charge < -0.3 is 4.52 Å². The third-order valence-electron chi connectivity index (χ3n) is 5.09. The maximum absolute atomic E-state index is 13.2. The van der Waals surface area contributed by atoms with Gasteiger partial charge in [-0.05, 0) is 39.5 Å². The van der Waals surface area contributed by atoms with Crippen molar-refractivity contribution in [1.82, 2.24) is 19.2 Å². The third kappa shape index (κ3) is 2.39. The second-order valence-corrected chi connectivity index (χ2v) is 8.85. The van der Waals surface area contributed by atoms with Gasteiger partial charge in [-0.15, -0.1) is 0 Å². The molecule has 0 aromatic carbocycles. The molecule has 2 aliphatic rings. The highest BCUT2D eigenvalue weighted by Gasteiger charge is 2.49. The molecule has 2 unspecified atom stereocenters. The molecule has 0 radical (unpaired) electrons. The SMILES string of the molecule is Cc1noc(C)c1S(=O)(=O)N1C2CCC1CC(n1cc(Cl)cn1)C2. The van der Waals surface area contributed by atoms with Crippen LogP contribution in [0.3, 0.4) is 0 Å². The van der Waals surface area contributed by atoms with E-state index in [4.69, 9.17) is 16.1 Å². The number of fused-ring (bicyclic) bond motifs is 2. The number of sulfonamides is 1. The first-order chi connectivity index (χ1) is 11.4. The Kier molecular flexibility index (Phi) is 3.74. The zero-order chi connectivity index (χ0) is 17.1. The van der Waals surface area contributed by atoms with Crippen LogP contribution >= 0.6 is 11.6 Å². The zero-order valence-corrected chi connectivity index (χ0v) is 15.1. The van der Waals surface area contributed by atoms with Crippen LogP contribution in [-0.4, -0.2) is 39.7 Å². The number of aromatic nitrogens is 3. The van der Waals surface area contributed by atoms with Gasteiger partial charge in [-0.3, -0.25) is 4.68 Å². The first-order valence-electron chi connectivity index (χ1n) is 8.04. The Morgan fingerprint density at radius 1 is 1.21 bits per heavy atom. The Morgan fingerprint density at radius 2 is 1.88 bits per heavy atom. The number of nitrogens with zero attached hydrogens (tertiary/aromatic N) is 4. The van der Waals surface area contributed by atoms with Crippen molar-refractivity contribution in [2.45, 2.75) is 62.6 Å². The summed E-state index contributed by atoms with van der Waals surface area (Å²) >= 11 is 5.96. The predicted molar refractivity (Wildman–Crippen MR) is 87.3 cm³/mol. The molecular formula is C15H19ClN4O3S. The van der Waals surface area contributed by atoms with Crippen LogP contribution in [0.15, 0.2) is 21.8 Å². The van der Waals surface area contributed by atoms with Crippen molar-refractivity contribution >= 4 is 21.6 Å². The summed E-state index contributed by atoms with van der Waals surface area (Å²) in [5.41, 5.74) is 0.424. The lowest BCUT2D eigenvalue weighted by molar-refractivity contribution is 0.184. The van der Waals surface area contributed by atoms with Crippen LogP contribution in [0, 0.1) is 13.8 Å². The molecule has 0 spiro atoms. The summed E-state index contributed by atoms with van der Waals surface area (Å²) < 4.78 is 35.0. The predicted octanol–water partition coefficient (Wildman–Crippen LogP) is 2.70. The van der Waals surface area contributed by atoms with Crippen LogP contribution in [0.2, 0.25) is 5.02 Å². The molecule has 4 rings (SSSR count). The minimum atomic E-state index is -3.59. The van der Waals surface area contributed by atoms with Crippen LogP contribution in [0.4, 0.5) is 0 Å². The fraction of sp³-hybridized carbons (Fsp3) is 0.600. The van der Waals surface area contributed by atoms with Crippen molar-refractivity contribution in [3.63, 3.8) is 0 Å². The van der Waals surface area contributed by atoms with Crippen molar-refractivity contribution in [2.24, 2.45) is 0 Å². The highest BCUT2D eigenvalue weighted by Crippen LogP contribution is 2.44. The van der Waals surface area contributed by atoms with Crippen molar-refractivity contribution in [3.8, 4) is 0 Å². The van der Waals surface area contributed by atoms with Crippen LogP contribution < -0.4 is 0 Å². The number of hydrogen-bond donors (Lipinski definition) is 0. The number of halogens is 1. The molecule has 2 fully saturated rings. The fourth-order valence-corrected chi connectivity index (χ4v) is 6.51. The monoisotopic (exact) mass is 370 g/mol. The molecule has 0 saturated carbocycles. The first-order valence-corrected chi connectivity index (χ1v) is 9.86. The molecule has 2 aromatic rings. The number of aryl methyl sites for hydroxylation is 2. The van der Waals surface area contributed by atoms with Gasteiger partial charge in [-0.25, -0.2) is 8.42 Å². The van der Waals surface area contributed by atoms with Gasteiger partial charge >= 0.3 is 0 Å². The highest BCUT2D eigenvalue weighted by atomic mass is 35.5. The van der Waals surface area contributed by atoms with Crippen molar-refractivity contribution in [1.29, 1.82) is 0 Å². The van der Waals surface area contributed by atoms with Gasteiger partial charge in [0.1, 0.15) is 10.6 Å². The minimum Gasteiger partial charge on any atom is -0.360 e. The van der Waals surface area contributed by atoms with Gasteiger partial charge in [0.25, 0.3) is 0 Å². The van der Waals surface area contributed by atoms with Gasteiger partial charge in [0.2, 0.25) is 10.0 Å². The Bertz CT molecular complexity index is 842. The molecule has 130 valence electrons. The molecule has 24 heavy (non-hydrogen) atoms. The topological polar surface area (TPSA) is 81.2 Å². The fourth-order valence-electron chi connectivity index (χ4n) is 4.18. The Balaban J connectivity index is 1.65. The zero-order valence-electron chi connectivity index (χ0n) is 13.5. The molecule has 9 heteroatoms. The van der Waals surface area contributed by atoms with Crippen LogP contribution in [-0.2, 0) is 10.0 Å². The molecule has 0 aliphatic carbocycles. The first kappa shape index (κ1) is 16.1. The van der Waals surface area contributed by atoms with E-state index in [0.717, 1.165) is 25.7 Å². The summed E-state index contributed by atoms with van der Waals surface area (Å²) in [6.07, 6.45) is 6.67. The van der Waals surface area contributed by atoms with E-state index >= 15 is 0 Å². The average molecular weight is 371 g/mol. The summed E-state index contributed by atoms with van der Waals surface area (Å²) in [5.74, 6) is 0.355. The Labute approximate surface area is 145 Å². The lowest BCUT2D eigenvalue weighted by Crippen LogP contribution is -2.47. The molecule has 2 aromatic heterocycles. The lowest BCUT2D eigenvalue weighted by Gasteiger charge is -2.37. The van der Waals surface area contributed by atoms with E-state index in [1.54, 1.807) is 24.3 Å². The van der Waals surface area contributed by atoms with Gasteiger partial charge in [-0.1, -0.05) is 16.8 Å². The number of piperidine rings is 1. The molecule has 2 aliphatic heterocycles. The largest absolute Gasteiger partial charge is 0.360 e. The summed E-state index contributed by atoms with van der Waals surface area (Å²) in [6.45, 7) is 3.32. The summed E-state index contributed by atoms with van der Waals surface area (Å²) in [4.78, 5) is 0.222. The van der Waals surface area contributed by atoms with Crippen molar-refractivity contribution in [3.05, 3.63) is 28.9 Å². The smallest absolute Gasteiger partial charge is 0.248 e. The normalized spacial score (nSPS) is 27.7. The molecule has 2 atom stereocenters. The summed E-state index contributed by atoms with van der Waals surface area (Å²) in [5, 5.41) is 8.70. The van der Waals surface area contributed by atoms with Gasteiger partial charge in [-0.2, -0.15) is 9.40 Å². The molecule has 0 amide bonds. The molecule has 7 nitrogen and oxygen atoms in total. The maximum Gasteiger partial charge on any atom is 0.248 e. The number of rotatable bonds is 3. The number of hydrogen-bond acceptors (Lipinski definition) is 5. The van der Waals surface area contributed by atoms with E-state index in [0.29, 0.717) is 16.5 Å². The molecular weight excluding hydrogens is 352 g/mol. The van der Waals surface area contributed by atoms with E-state index in [2.05, 4.69) is 10.3 Å². The summed E-state index contributed by atoms with van der Waals surface area (Å²) in [7, 11) is -3.59. The van der Waals surface area contributed by atoms with E-state index in [9.17, 15) is 8.42 Å². The second kappa shape index (κ2) is 5.57. The van der Waals surface area contributed by atoms with Gasteiger partial charge in [0.05, 0.1) is 17.3 Å². The van der Waals surface area contributed by atoms with E-state index in [1.807, 2.05) is 10.9 Å². The van der Waals surface area contributed by atoms with Crippen LogP contribution in [0.1, 0.15) is 43.2 Å². The molecule has 2 saturated heterocycles. The lowest BCUT2D eigenvalue weighted by atomic mass is 10.00. The van der Waals surface area contributed by atoms with Gasteiger partial charge in [0.15, 0.2) is 5.76 Å². The second-order valence-electron chi connectivity index (χ2n) is 6.64. The standard InChI is InChI=1S/C15H19ClN4O3S/c1-9-15(10(2)23-18-9)24(21,22)20-12-3-4-13(20)6-14(5-12)19-8-11(16)7-17-19/h7-8,12-14H,3-6H2,1-2H3. The maximum atomic E-state index is 13.2. The molecule has 0 N–H and O–H groups in total. The molecule has 4 heterocycles. The third-order valence-corrected chi connectivity index (χ3v) is 7.53. The van der Waals surface area contributed by atoms with Crippen LogP contribution in [0.25, 0.3) is 0 Å².